The van der Waals surface area contributed by atoms with Gasteiger partial charge in [0.2, 0.25) is 0 Å². The summed E-state index contributed by atoms with van der Waals surface area (Å²) < 4.78 is 89.3. The van der Waals surface area contributed by atoms with E-state index in [-0.39, 0.29) is 24.0 Å². The van der Waals surface area contributed by atoms with Gasteiger partial charge in [0.1, 0.15) is 6.61 Å². The van der Waals surface area contributed by atoms with Crippen molar-refractivity contribution in [3.8, 4) is 11.1 Å². The van der Waals surface area contributed by atoms with Crippen molar-refractivity contribution in [1.29, 1.82) is 0 Å². The smallest absolute Gasteiger partial charge is 0.407 e. The number of hydrogen-bond acceptors (Lipinski definition) is 15. The number of rotatable bonds is 38. The average molecular weight is 878 g/mol. The van der Waals surface area contributed by atoms with Crippen LogP contribution in [0.3, 0.4) is 0 Å². The van der Waals surface area contributed by atoms with Crippen molar-refractivity contribution in [1.82, 2.24) is 5.32 Å². The minimum absolute atomic E-state index is 0.0421. The minimum atomic E-state index is -3.77. The number of ether oxygens (including phenoxy) is 11. The van der Waals surface area contributed by atoms with E-state index in [9.17, 15) is 13.2 Å². The van der Waals surface area contributed by atoms with Crippen LogP contribution in [0, 0.1) is 0 Å². The third kappa shape index (κ3) is 21.4. The molecule has 0 fully saturated rings. The Morgan fingerprint density at radius 2 is 0.787 bits per heavy atom. The van der Waals surface area contributed by atoms with Crippen molar-refractivity contribution < 1.29 is 69.5 Å². The number of carbonyl (C=O) groups is 1. The second kappa shape index (κ2) is 32.2. The highest BCUT2D eigenvalue weighted by Gasteiger charge is 2.29. The van der Waals surface area contributed by atoms with E-state index in [1.165, 1.54) is 34.4 Å². The third-order valence-corrected chi connectivity index (χ3v) is 10.3. The fourth-order valence-corrected chi connectivity index (χ4v) is 6.87. The van der Waals surface area contributed by atoms with Gasteiger partial charge in [-0.25, -0.2) is 4.79 Å². The highest BCUT2D eigenvalue weighted by Crippen LogP contribution is 2.44. The van der Waals surface area contributed by atoms with E-state index < -0.39 is 16.2 Å². The molecular formula is C44H63NO15S. The van der Waals surface area contributed by atoms with Crippen LogP contribution in [0.15, 0.2) is 83.8 Å². The topological polar surface area (TPSA) is 174 Å². The van der Waals surface area contributed by atoms with Crippen molar-refractivity contribution in [2.45, 2.75) is 17.2 Å². The van der Waals surface area contributed by atoms with Gasteiger partial charge in [-0.05, 0) is 40.8 Å². The standard InChI is InChI=1S/C44H63NO15S/c46-44(59-37-43-41-13-6-4-11-39(41)40-12-5-7-14-42(40)43)45-15-8-16-49-17-18-50-19-20-51-21-22-52-23-24-53-25-26-54-27-28-55-29-30-56-31-32-57-33-34-58-35-36-60-61(47,48)38-9-2-1-3-10-38/h1-7,9-14,43H,8,15-37H2,(H,45,46). The van der Waals surface area contributed by atoms with Gasteiger partial charge in [-0.3, -0.25) is 4.18 Å². The number of fused-ring (bicyclic) bond motifs is 3. The Kier molecular flexibility index (Phi) is 26.4. The van der Waals surface area contributed by atoms with Gasteiger partial charge in [0.25, 0.3) is 10.1 Å². The van der Waals surface area contributed by atoms with E-state index in [4.69, 9.17) is 56.3 Å². The third-order valence-electron chi connectivity index (χ3n) is 8.92. The van der Waals surface area contributed by atoms with E-state index in [1.807, 2.05) is 24.3 Å². The van der Waals surface area contributed by atoms with Crippen molar-refractivity contribution in [2.24, 2.45) is 0 Å². The first-order valence-corrected chi connectivity index (χ1v) is 22.3. The molecule has 0 bridgehead atoms. The summed E-state index contributed by atoms with van der Waals surface area (Å²) in [4.78, 5) is 12.4. The zero-order chi connectivity index (χ0) is 42.9. The zero-order valence-electron chi connectivity index (χ0n) is 35.1. The van der Waals surface area contributed by atoms with Gasteiger partial charge in [0, 0.05) is 19.1 Å². The largest absolute Gasteiger partial charge is 0.449 e. The summed E-state index contributed by atoms with van der Waals surface area (Å²) in [6, 6.07) is 24.5. The van der Waals surface area contributed by atoms with Crippen molar-refractivity contribution >= 4 is 16.2 Å². The molecule has 3 aromatic carbocycles. The monoisotopic (exact) mass is 877 g/mol. The van der Waals surface area contributed by atoms with Crippen LogP contribution in [-0.2, 0) is 66.4 Å². The number of alkyl carbamates (subject to hydrolysis) is 1. The Morgan fingerprint density at radius 1 is 0.443 bits per heavy atom. The van der Waals surface area contributed by atoms with Crippen LogP contribution in [-0.4, -0.2) is 166 Å². The first-order chi connectivity index (χ1) is 30.1. The van der Waals surface area contributed by atoms with Crippen LogP contribution < -0.4 is 5.32 Å². The Labute approximate surface area is 360 Å². The summed E-state index contributed by atoms with van der Waals surface area (Å²) in [5.41, 5.74) is 4.78. The molecule has 4 rings (SSSR count). The lowest BCUT2D eigenvalue weighted by molar-refractivity contribution is -0.0267. The molecule has 16 nitrogen and oxygen atoms in total. The number of amides is 1. The number of benzene rings is 3. The van der Waals surface area contributed by atoms with Gasteiger partial charge in [-0.15, -0.1) is 0 Å². The van der Waals surface area contributed by atoms with Gasteiger partial charge in [-0.1, -0.05) is 66.7 Å². The molecular weight excluding hydrogens is 815 g/mol. The lowest BCUT2D eigenvalue weighted by Gasteiger charge is -2.14. The molecule has 340 valence electrons. The fourth-order valence-electron chi connectivity index (χ4n) is 5.95. The molecule has 0 heterocycles. The van der Waals surface area contributed by atoms with Crippen LogP contribution in [0.4, 0.5) is 4.79 Å². The molecule has 0 saturated heterocycles. The highest BCUT2D eigenvalue weighted by molar-refractivity contribution is 7.86. The van der Waals surface area contributed by atoms with Crippen LogP contribution in [0.2, 0.25) is 0 Å². The molecule has 1 aliphatic carbocycles. The van der Waals surface area contributed by atoms with E-state index in [1.54, 1.807) is 18.2 Å². The molecule has 17 heteroatoms. The maximum absolute atomic E-state index is 12.3. The van der Waals surface area contributed by atoms with Crippen molar-refractivity contribution in [3.05, 3.63) is 90.0 Å². The molecule has 0 unspecified atom stereocenters. The van der Waals surface area contributed by atoms with E-state index >= 15 is 0 Å². The summed E-state index contributed by atoms with van der Waals surface area (Å²) in [5, 5.41) is 2.80. The maximum atomic E-state index is 12.3. The Bertz CT molecular complexity index is 1640. The fraction of sp³-hybridized carbons (Fsp3) is 0.568. The van der Waals surface area contributed by atoms with Gasteiger partial charge in [-0.2, -0.15) is 8.42 Å². The Hall–Kier alpha value is -3.56. The number of hydrogen-bond donors (Lipinski definition) is 1. The molecule has 0 radical (unpaired) electrons. The first kappa shape index (κ1) is 50.1. The van der Waals surface area contributed by atoms with E-state index in [2.05, 4.69) is 29.6 Å². The summed E-state index contributed by atoms with van der Waals surface area (Å²) in [7, 11) is -3.77. The summed E-state index contributed by atoms with van der Waals surface area (Å²) in [5.74, 6) is 0.0421. The molecule has 1 aliphatic rings. The lowest BCUT2D eigenvalue weighted by Crippen LogP contribution is -2.27. The summed E-state index contributed by atoms with van der Waals surface area (Å²) in [6.45, 7) is 9.40. The molecule has 0 aliphatic heterocycles. The molecule has 0 spiro atoms. The minimum Gasteiger partial charge on any atom is -0.449 e. The quantitative estimate of drug-likeness (QED) is 0.0630. The molecule has 0 atom stereocenters. The summed E-state index contributed by atoms with van der Waals surface area (Å²) >= 11 is 0. The molecule has 1 amide bonds. The SMILES string of the molecule is O=C(NCCCOCCOCCOCCOCCOCCOCCOCCOCCOCCOCCOS(=O)(=O)c1ccccc1)OCC1c2ccccc2-c2ccccc21. The molecule has 61 heavy (non-hydrogen) atoms. The number of carbonyl (C=O) groups excluding carboxylic acids is 1. The molecule has 0 saturated carbocycles. The van der Waals surface area contributed by atoms with Gasteiger partial charge in [0.05, 0.1) is 137 Å². The Morgan fingerprint density at radius 3 is 1.20 bits per heavy atom. The predicted molar refractivity (Wildman–Crippen MR) is 225 cm³/mol. The average Bonchev–Trinajstić information content (AvgIpc) is 3.60. The molecule has 1 N–H and O–H groups in total. The normalized spacial score (nSPS) is 12.4. The van der Waals surface area contributed by atoms with Gasteiger partial charge < -0.3 is 57.4 Å². The number of nitrogens with one attached hydrogen (secondary N) is 1. The lowest BCUT2D eigenvalue weighted by atomic mass is 9.98. The second-order valence-electron chi connectivity index (χ2n) is 13.3. The van der Waals surface area contributed by atoms with Crippen molar-refractivity contribution in [2.75, 3.05) is 152 Å². The van der Waals surface area contributed by atoms with E-state index in [0.717, 1.165) is 0 Å². The zero-order valence-corrected chi connectivity index (χ0v) is 35.9. The predicted octanol–water partition coefficient (Wildman–Crippen LogP) is 4.49. The second-order valence-corrected chi connectivity index (χ2v) is 14.9. The van der Waals surface area contributed by atoms with E-state index in [0.29, 0.717) is 145 Å². The van der Waals surface area contributed by atoms with Gasteiger partial charge >= 0.3 is 6.09 Å². The van der Waals surface area contributed by atoms with Crippen LogP contribution in [0.25, 0.3) is 11.1 Å². The maximum Gasteiger partial charge on any atom is 0.407 e. The Balaban J connectivity index is 0.775. The van der Waals surface area contributed by atoms with Crippen molar-refractivity contribution in [3.63, 3.8) is 0 Å². The summed E-state index contributed by atoms with van der Waals surface area (Å²) in [6.07, 6.45) is 0.253. The first-order valence-electron chi connectivity index (χ1n) is 20.9. The van der Waals surface area contributed by atoms with Crippen LogP contribution in [0.5, 0.6) is 0 Å². The highest BCUT2D eigenvalue weighted by atomic mass is 32.2. The van der Waals surface area contributed by atoms with Gasteiger partial charge in [0.15, 0.2) is 0 Å². The van der Waals surface area contributed by atoms with Crippen LogP contribution in [0.1, 0.15) is 23.5 Å². The van der Waals surface area contributed by atoms with Crippen LogP contribution >= 0.6 is 0 Å². The molecule has 3 aromatic rings. The molecule has 0 aromatic heterocycles.